The van der Waals surface area contributed by atoms with Crippen molar-refractivity contribution < 1.29 is 4.79 Å². The molecule has 1 aromatic carbocycles. The summed E-state index contributed by atoms with van der Waals surface area (Å²) in [6.45, 7) is 4.14. The molecule has 0 unspecified atom stereocenters. The van der Waals surface area contributed by atoms with Gasteiger partial charge < -0.3 is 5.32 Å². The van der Waals surface area contributed by atoms with Crippen LogP contribution in [0.25, 0.3) is 0 Å². The van der Waals surface area contributed by atoms with Gasteiger partial charge in [0, 0.05) is 0 Å². The van der Waals surface area contributed by atoms with Gasteiger partial charge in [-0.25, -0.2) is 0 Å². The summed E-state index contributed by atoms with van der Waals surface area (Å²) in [6, 6.07) is 10.0. The van der Waals surface area contributed by atoms with Crippen LogP contribution in [0.5, 0.6) is 0 Å². The van der Waals surface area contributed by atoms with Gasteiger partial charge in [-0.05, 0) is 18.4 Å². The summed E-state index contributed by atoms with van der Waals surface area (Å²) in [6.07, 6.45) is 1.72. The van der Waals surface area contributed by atoms with Crippen molar-refractivity contribution >= 4 is 17.9 Å². The molecule has 0 aliphatic carbocycles. The van der Waals surface area contributed by atoms with Crippen molar-refractivity contribution in [1.82, 2.24) is 5.32 Å². The molecule has 0 radical (unpaired) electrons. The zero-order chi connectivity index (χ0) is 11.3. The van der Waals surface area contributed by atoms with E-state index in [1.165, 1.54) is 0 Å². The first-order chi connectivity index (χ1) is 7.14. The lowest BCUT2D eigenvalue weighted by Crippen LogP contribution is -2.42. The van der Waals surface area contributed by atoms with Crippen LogP contribution in [0.3, 0.4) is 0 Å². The SMILES string of the molecule is CCC(CC)(NC(=O)S)c1ccccc1. The van der Waals surface area contributed by atoms with Gasteiger partial charge in [0.2, 0.25) is 0 Å². The van der Waals surface area contributed by atoms with Crippen molar-refractivity contribution in [1.29, 1.82) is 0 Å². The summed E-state index contributed by atoms with van der Waals surface area (Å²) in [7, 11) is 0. The van der Waals surface area contributed by atoms with Gasteiger partial charge >= 0.3 is 0 Å². The van der Waals surface area contributed by atoms with Crippen molar-refractivity contribution in [2.24, 2.45) is 0 Å². The van der Waals surface area contributed by atoms with Gasteiger partial charge in [-0.15, -0.1) is 0 Å². The maximum Gasteiger partial charge on any atom is 0.276 e. The number of carbonyl (C=O) groups is 1. The lowest BCUT2D eigenvalue weighted by atomic mass is 9.85. The zero-order valence-electron chi connectivity index (χ0n) is 9.16. The molecule has 0 fully saturated rings. The molecular weight excluding hydrogens is 206 g/mol. The molecule has 15 heavy (non-hydrogen) atoms. The second-order valence-corrected chi connectivity index (χ2v) is 3.99. The quantitative estimate of drug-likeness (QED) is 0.753. The van der Waals surface area contributed by atoms with Gasteiger partial charge in [0.1, 0.15) is 0 Å². The van der Waals surface area contributed by atoms with Crippen LogP contribution in [0.1, 0.15) is 32.3 Å². The topological polar surface area (TPSA) is 29.1 Å². The van der Waals surface area contributed by atoms with Crippen LogP contribution in [0.15, 0.2) is 30.3 Å². The Morgan fingerprint density at radius 1 is 1.27 bits per heavy atom. The summed E-state index contributed by atoms with van der Waals surface area (Å²) in [5.74, 6) is 0. The Hall–Kier alpha value is -0.960. The largest absolute Gasteiger partial charge is 0.338 e. The van der Waals surface area contributed by atoms with Crippen molar-refractivity contribution in [2.45, 2.75) is 32.2 Å². The smallest absolute Gasteiger partial charge is 0.276 e. The Kier molecular flexibility index (Phi) is 4.21. The molecule has 1 amide bonds. The monoisotopic (exact) mass is 223 g/mol. The van der Waals surface area contributed by atoms with E-state index in [9.17, 15) is 4.79 Å². The van der Waals surface area contributed by atoms with E-state index in [0.717, 1.165) is 18.4 Å². The first-order valence-electron chi connectivity index (χ1n) is 5.21. The highest BCUT2D eigenvalue weighted by Gasteiger charge is 2.28. The van der Waals surface area contributed by atoms with Crippen LogP contribution < -0.4 is 5.32 Å². The molecule has 1 aromatic rings. The van der Waals surface area contributed by atoms with E-state index in [1.54, 1.807) is 0 Å². The number of benzene rings is 1. The van der Waals surface area contributed by atoms with Crippen molar-refractivity contribution in [3.8, 4) is 0 Å². The Morgan fingerprint density at radius 3 is 2.20 bits per heavy atom. The van der Waals surface area contributed by atoms with Crippen LogP contribution in [0.4, 0.5) is 4.79 Å². The molecule has 82 valence electrons. The van der Waals surface area contributed by atoms with Crippen LogP contribution in [0.2, 0.25) is 0 Å². The predicted molar refractivity (Wildman–Crippen MR) is 66.2 cm³/mol. The third kappa shape index (κ3) is 2.75. The second kappa shape index (κ2) is 5.21. The van der Waals surface area contributed by atoms with E-state index in [-0.39, 0.29) is 10.8 Å². The lowest BCUT2D eigenvalue weighted by Gasteiger charge is -2.32. The fourth-order valence-corrected chi connectivity index (χ4v) is 2.08. The zero-order valence-corrected chi connectivity index (χ0v) is 10.1. The lowest BCUT2D eigenvalue weighted by molar-refractivity contribution is 0.241. The molecule has 0 saturated carbocycles. The predicted octanol–water partition coefficient (Wildman–Crippen LogP) is 3.34. The van der Waals surface area contributed by atoms with Gasteiger partial charge in [-0.3, -0.25) is 4.79 Å². The normalized spacial score (nSPS) is 11.1. The average molecular weight is 223 g/mol. The third-order valence-corrected chi connectivity index (χ3v) is 2.99. The molecule has 0 heterocycles. The van der Waals surface area contributed by atoms with E-state index in [4.69, 9.17) is 0 Å². The Labute approximate surface area is 96.5 Å². The molecule has 0 atom stereocenters. The summed E-state index contributed by atoms with van der Waals surface area (Å²) < 4.78 is 0. The number of nitrogens with one attached hydrogen (secondary N) is 1. The molecule has 0 bridgehead atoms. The summed E-state index contributed by atoms with van der Waals surface area (Å²) in [5, 5.41) is 2.66. The number of rotatable bonds is 4. The molecule has 0 saturated heterocycles. The van der Waals surface area contributed by atoms with Gasteiger partial charge in [0.05, 0.1) is 5.54 Å². The minimum Gasteiger partial charge on any atom is -0.338 e. The maximum absolute atomic E-state index is 11.1. The number of hydrogen-bond donors (Lipinski definition) is 2. The minimum absolute atomic E-state index is 0.275. The van der Waals surface area contributed by atoms with Crippen LogP contribution in [0, 0.1) is 0 Å². The number of carbonyl (C=O) groups excluding carboxylic acids is 1. The van der Waals surface area contributed by atoms with Gasteiger partial charge in [0.15, 0.2) is 0 Å². The molecule has 0 aromatic heterocycles. The van der Waals surface area contributed by atoms with E-state index in [0.29, 0.717) is 0 Å². The first-order valence-corrected chi connectivity index (χ1v) is 5.66. The van der Waals surface area contributed by atoms with E-state index in [1.807, 2.05) is 30.3 Å². The van der Waals surface area contributed by atoms with Crippen molar-refractivity contribution in [3.05, 3.63) is 35.9 Å². The molecule has 3 heteroatoms. The first kappa shape index (κ1) is 12.1. The number of amides is 1. The minimum atomic E-state index is -0.278. The Bertz CT molecular complexity index is 320. The Morgan fingerprint density at radius 2 is 1.80 bits per heavy atom. The molecule has 1 N–H and O–H groups in total. The molecule has 0 aliphatic rings. The highest BCUT2D eigenvalue weighted by atomic mass is 32.1. The third-order valence-electron chi connectivity index (χ3n) is 2.88. The second-order valence-electron chi connectivity index (χ2n) is 3.59. The standard InChI is InChI=1S/C12H17NOS/c1-3-12(4-2,13-11(14)15)10-8-6-5-7-9-10/h5-9H,3-4H2,1-2H3,(H2,13,14,15). The maximum atomic E-state index is 11.1. The Balaban J connectivity index is 3.05. The average Bonchev–Trinajstić information content (AvgIpc) is 2.27. The van der Waals surface area contributed by atoms with Gasteiger partial charge in [-0.1, -0.05) is 56.8 Å². The van der Waals surface area contributed by atoms with Gasteiger partial charge in [-0.2, -0.15) is 0 Å². The van der Waals surface area contributed by atoms with Crippen LogP contribution in [-0.4, -0.2) is 5.24 Å². The van der Waals surface area contributed by atoms with Gasteiger partial charge in [0.25, 0.3) is 5.24 Å². The van der Waals surface area contributed by atoms with Crippen LogP contribution >= 0.6 is 12.6 Å². The molecule has 1 rings (SSSR count). The van der Waals surface area contributed by atoms with Crippen molar-refractivity contribution in [3.63, 3.8) is 0 Å². The van der Waals surface area contributed by atoms with E-state index in [2.05, 4.69) is 31.8 Å². The highest BCUT2D eigenvalue weighted by molar-refractivity contribution is 7.96. The van der Waals surface area contributed by atoms with E-state index < -0.39 is 0 Å². The number of thiol groups is 1. The van der Waals surface area contributed by atoms with E-state index >= 15 is 0 Å². The molecule has 0 aliphatic heterocycles. The highest BCUT2D eigenvalue weighted by Crippen LogP contribution is 2.28. The fourth-order valence-electron chi connectivity index (χ4n) is 1.87. The van der Waals surface area contributed by atoms with Crippen LogP contribution in [-0.2, 0) is 5.54 Å². The number of hydrogen-bond acceptors (Lipinski definition) is 1. The molecule has 0 spiro atoms. The molecule has 2 nitrogen and oxygen atoms in total. The summed E-state index contributed by atoms with van der Waals surface area (Å²) in [4.78, 5) is 11.1. The summed E-state index contributed by atoms with van der Waals surface area (Å²) >= 11 is 3.80. The fraction of sp³-hybridized carbons (Fsp3) is 0.417. The van der Waals surface area contributed by atoms with Crippen molar-refractivity contribution in [2.75, 3.05) is 0 Å². The molecular formula is C12H17NOS. The summed E-state index contributed by atoms with van der Waals surface area (Å²) in [5.41, 5.74) is 0.859.